The second-order valence-corrected chi connectivity index (χ2v) is 7.96. The Morgan fingerprint density at radius 1 is 1.12 bits per heavy atom. The Morgan fingerprint density at radius 2 is 1.84 bits per heavy atom. The van der Waals surface area contributed by atoms with Crippen LogP contribution in [0.15, 0.2) is 53.4 Å². The summed E-state index contributed by atoms with van der Waals surface area (Å²) in [4.78, 5) is 13.1. The van der Waals surface area contributed by atoms with E-state index in [0.29, 0.717) is 22.3 Å². The number of amides is 1. The van der Waals surface area contributed by atoms with Crippen molar-refractivity contribution >= 4 is 45.7 Å². The highest BCUT2D eigenvalue weighted by molar-refractivity contribution is 7.99. The molecule has 0 aliphatic heterocycles. The third kappa shape index (κ3) is 5.29. The fourth-order valence-electron chi connectivity index (χ4n) is 2.06. The summed E-state index contributed by atoms with van der Waals surface area (Å²) in [5, 5.41) is 13.0. The van der Waals surface area contributed by atoms with E-state index in [9.17, 15) is 4.79 Å². The van der Waals surface area contributed by atoms with Crippen molar-refractivity contribution in [2.24, 2.45) is 0 Å². The topological polar surface area (TPSA) is 54.9 Å². The summed E-state index contributed by atoms with van der Waals surface area (Å²) in [6.07, 6.45) is 0.409. The number of thioether (sulfide) groups is 1. The summed E-state index contributed by atoms with van der Waals surface area (Å²) in [7, 11) is 0. The predicted octanol–water partition coefficient (Wildman–Crippen LogP) is 5.29. The van der Waals surface area contributed by atoms with Crippen LogP contribution in [0, 0.1) is 6.92 Å². The maximum atomic E-state index is 12.0. The SMILES string of the molecule is Cc1ccc(-c2nnc(NC(=O)CCSc3ccc(Cl)cc3)s2)cc1. The monoisotopic (exact) mass is 389 g/mol. The molecule has 1 N–H and O–H groups in total. The highest BCUT2D eigenvalue weighted by Gasteiger charge is 2.09. The zero-order chi connectivity index (χ0) is 17.6. The zero-order valence-electron chi connectivity index (χ0n) is 13.5. The van der Waals surface area contributed by atoms with Gasteiger partial charge in [-0.25, -0.2) is 0 Å². The molecule has 4 nitrogen and oxygen atoms in total. The van der Waals surface area contributed by atoms with Gasteiger partial charge in [-0.05, 0) is 31.2 Å². The Bertz CT molecular complexity index is 848. The van der Waals surface area contributed by atoms with Crippen molar-refractivity contribution in [1.82, 2.24) is 10.2 Å². The summed E-state index contributed by atoms with van der Waals surface area (Å²) in [6, 6.07) is 15.7. The lowest BCUT2D eigenvalue weighted by Gasteiger charge is -2.02. The second kappa shape index (κ2) is 8.47. The third-order valence-corrected chi connectivity index (χ3v) is 5.53. The fourth-order valence-corrected chi connectivity index (χ4v) is 3.80. The van der Waals surface area contributed by atoms with Crippen LogP contribution in [-0.4, -0.2) is 21.9 Å². The molecule has 1 amide bonds. The first kappa shape index (κ1) is 17.9. The van der Waals surface area contributed by atoms with Crippen LogP contribution in [0.3, 0.4) is 0 Å². The van der Waals surface area contributed by atoms with E-state index >= 15 is 0 Å². The smallest absolute Gasteiger partial charge is 0.227 e. The number of anilines is 1. The molecule has 3 rings (SSSR count). The Morgan fingerprint density at radius 3 is 2.56 bits per heavy atom. The van der Waals surface area contributed by atoms with E-state index in [2.05, 4.69) is 15.5 Å². The van der Waals surface area contributed by atoms with Crippen molar-refractivity contribution in [1.29, 1.82) is 0 Å². The number of benzene rings is 2. The molecule has 1 aromatic heterocycles. The van der Waals surface area contributed by atoms with Crippen LogP contribution in [0.5, 0.6) is 0 Å². The van der Waals surface area contributed by atoms with Gasteiger partial charge in [-0.1, -0.05) is 52.8 Å². The van der Waals surface area contributed by atoms with Gasteiger partial charge in [-0.2, -0.15) is 0 Å². The van der Waals surface area contributed by atoms with Gasteiger partial charge in [-0.15, -0.1) is 22.0 Å². The van der Waals surface area contributed by atoms with Crippen molar-refractivity contribution in [2.45, 2.75) is 18.2 Å². The molecule has 0 radical (unpaired) electrons. The molecule has 3 aromatic rings. The van der Waals surface area contributed by atoms with Gasteiger partial charge in [0.2, 0.25) is 11.0 Å². The number of hydrogen-bond acceptors (Lipinski definition) is 5. The summed E-state index contributed by atoms with van der Waals surface area (Å²) >= 11 is 8.85. The first-order valence-electron chi connectivity index (χ1n) is 7.69. The van der Waals surface area contributed by atoms with Crippen LogP contribution in [0.2, 0.25) is 5.02 Å². The number of nitrogens with zero attached hydrogens (tertiary/aromatic N) is 2. The number of aromatic nitrogens is 2. The average molecular weight is 390 g/mol. The number of aryl methyl sites for hydroxylation is 1. The quantitative estimate of drug-likeness (QED) is 0.582. The number of rotatable bonds is 6. The Labute approximate surface area is 159 Å². The predicted molar refractivity (Wildman–Crippen MR) is 106 cm³/mol. The molecule has 0 bridgehead atoms. The maximum Gasteiger partial charge on any atom is 0.227 e. The molecular weight excluding hydrogens is 374 g/mol. The molecule has 0 spiro atoms. The summed E-state index contributed by atoms with van der Waals surface area (Å²) < 4.78 is 0. The van der Waals surface area contributed by atoms with Gasteiger partial charge >= 0.3 is 0 Å². The van der Waals surface area contributed by atoms with Crippen molar-refractivity contribution in [2.75, 3.05) is 11.1 Å². The molecular formula is C18H16ClN3OS2. The molecule has 0 fully saturated rings. The molecule has 0 aliphatic rings. The van der Waals surface area contributed by atoms with Gasteiger partial charge in [-0.3, -0.25) is 4.79 Å². The average Bonchev–Trinajstić information content (AvgIpc) is 3.06. The number of hydrogen-bond donors (Lipinski definition) is 1. The number of carbonyl (C=O) groups excluding carboxylic acids is 1. The van der Waals surface area contributed by atoms with Crippen molar-refractivity contribution < 1.29 is 4.79 Å². The number of halogens is 1. The molecule has 128 valence electrons. The first-order chi connectivity index (χ1) is 12.1. The van der Waals surface area contributed by atoms with Gasteiger partial charge in [0, 0.05) is 27.7 Å². The van der Waals surface area contributed by atoms with Crippen LogP contribution in [0.1, 0.15) is 12.0 Å². The van der Waals surface area contributed by atoms with E-state index in [1.54, 1.807) is 11.8 Å². The first-order valence-corrected chi connectivity index (χ1v) is 9.87. The highest BCUT2D eigenvalue weighted by atomic mass is 35.5. The summed E-state index contributed by atoms with van der Waals surface area (Å²) in [6.45, 7) is 2.04. The minimum atomic E-state index is -0.0620. The van der Waals surface area contributed by atoms with Crippen LogP contribution >= 0.6 is 34.7 Å². The van der Waals surface area contributed by atoms with Gasteiger partial charge in [0.25, 0.3) is 0 Å². The fraction of sp³-hybridized carbons (Fsp3) is 0.167. The van der Waals surface area contributed by atoms with Crippen molar-refractivity contribution in [3.8, 4) is 10.6 Å². The van der Waals surface area contributed by atoms with Crippen molar-refractivity contribution in [3.05, 3.63) is 59.1 Å². The minimum absolute atomic E-state index is 0.0620. The van der Waals surface area contributed by atoms with E-state index in [1.807, 2.05) is 55.5 Å². The van der Waals surface area contributed by atoms with Gasteiger partial charge in [0.15, 0.2) is 0 Å². The molecule has 0 atom stereocenters. The lowest BCUT2D eigenvalue weighted by atomic mass is 10.2. The standard InChI is InChI=1S/C18H16ClN3OS2/c1-12-2-4-13(5-3-12)17-21-22-18(25-17)20-16(23)10-11-24-15-8-6-14(19)7-9-15/h2-9H,10-11H2,1H3,(H,20,22,23). The van der Waals surface area contributed by atoms with E-state index in [1.165, 1.54) is 16.9 Å². The molecule has 0 saturated carbocycles. The maximum absolute atomic E-state index is 12.0. The Balaban J connectivity index is 1.49. The molecule has 25 heavy (non-hydrogen) atoms. The molecule has 1 heterocycles. The molecule has 0 saturated heterocycles. The molecule has 2 aromatic carbocycles. The number of nitrogens with one attached hydrogen (secondary N) is 1. The van der Waals surface area contributed by atoms with Gasteiger partial charge in [0.05, 0.1) is 0 Å². The van der Waals surface area contributed by atoms with E-state index < -0.39 is 0 Å². The molecule has 7 heteroatoms. The lowest BCUT2D eigenvalue weighted by molar-refractivity contribution is -0.115. The minimum Gasteiger partial charge on any atom is -0.300 e. The second-order valence-electron chi connectivity index (χ2n) is 5.38. The van der Waals surface area contributed by atoms with Gasteiger partial charge in [0.1, 0.15) is 5.01 Å². The number of carbonyl (C=O) groups is 1. The lowest BCUT2D eigenvalue weighted by Crippen LogP contribution is -2.11. The largest absolute Gasteiger partial charge is 0.300 e. The van der Waals surface area contributed by atoms with Gasteiger partial charge < -0.3 is 5.32 Å². The zero-order valence-corrected chi connectivity index (χ0v) is 15.9. The molecule has 0 unspecified atom stereocenters. The molecule has 0 aliphatic carbocycles. The van der Waals surface area contributed by atoms with E-state index in [0.717, 1.165) is 15.5 Å². The van der Waals surface area contributed by atoms with Crippen LogP contribution in [-0.2, 0) is 4.79 Å². The summed E-state index contributed by atoms with van der Waals surface area (Å²) in [5.74, 6) is 0.630. The Kier molecular flexibility index (Phi) is 6.07. The van der Waals surface area contributed by atoms with Crippen LogP contribution in [0.25, 0.3) is 10.6 Å². The van der Waals surface area contributed by atoms with E-state index in [-0.39, 0.29) is 5.91 Å². The van der Waals surface area contributed by atoms with E-state index in [4.69, 9.17) is 11.6 Å². The highest BCUT2D eigenvalue weighted by Crippen LogP contribution is 2.27. The normalized spacial score (nSPS) is 10.6. The third-order valence-electron chi connectivity index (χ3n) is 3.38. The van der Waals surface area contributed by atoms with Crippen LogP contribution < -0.4 is 5.32 Å². The Hall–Kier alpha value is -1.89. The van der Waals surface area contributed by atoms with Crippen molar-refractivity contribution in [3.63, 3.8) is 0 Å². The summed E-state index contributed by atoms with van der Waals surface area (Å²) in [5.41, 5.74) is 2.20. The van der Waals surface area contributed by atoms with Crippen LogP contribution in [0.4, 0.5) is 5.13 Å².